The molecule has 2 N–H and O–H groups in total. The highest BCUT2D eigenvalue weighted by atomic mass is 16.5. The minimum absolute atomic E-state index is 0.0739. The molecule has 1 aromatic rings. The first-order valence-corrected chi connectivity index (χ1v) is 7.29. The van der Waals surface area contributed by atoms with Gasteiger partial charge in [-0.15, -0.1) is 0 Å². The van der Waals surface area contributed by atoms with E-state index >= 15 is 0 Å². The maximum atomic E-state index is 6.28. The van der Waals surface area contributed by atoms with E-state index in [9.17, 15) is 0 Å². The molecular weight excluding hydrogens is 222 g/mol. The lowest BCUT2D eigenvalue weighted by atomic mass is 9.90. The van der Waals surface area contributed by atoms with Crippen LogP contribution in [-0.2, 0) is 11.2 Å². The summed E-state index contributed by atoms with van der Waals surface area (Å²) in [6, 6.07) is 8.56. The summed E-state index contributed by atoms with van der Waals surface area (Å²) in [5.74, 6) is 0.773. The Bertz CT molecular complexity index is 398. The molecule has 2 aliphatic rings. The molecule has 3 rings (SSSR count). The smallest absolute Gasteiger partial charge is 0.0808 e. The molecule has 1 fully saturated rings. The van der Waals surface area contributed by atoms with Crippen LogP contribution in [0.15, 0.2) is 24.3 Å². The van der Waals surface area contributed by atoms with Gasteiger partial charge in [0, 0.05) is 13.0 Å². The Balaban J connectivity index is 1.56. The summed E-state index contributed by atoms with van der Waals surface area (Å²) in [5, 5.41) is 0. The van der Waals surface area contributed by atoms with Gasteiger partial charge in [0.05, 0.1) is 12.1 Å². The minimum Gasteiger partial charge on any atom is -0.376 e. The Morgan fingerprint density at radius 1 is 1.11 bits per heavy atom. The van der Waals surface area contributed by atoms with E-state index in [4.69, 9.17) is 10.5 Å². The van der Waals surface area contributed by atoms with Crippen LogP contribution in [0.25, 0.3) is 0 Å². The van der Waals surface area contributed by atoms with E-state index in [1.54, 1.807) is 0 Å². The molecule has 0 aromatic heterocycles. The molecule has 2 atom stereocenters. The van der Waals surface area contributed by atoms with Gasteiger partial charge in [-0.05, 0) is 29.9 Å². The second-order valence-corrected chi connectivity index (χ2v) is 5.80. The monoisotopic (exact) mass is 245 g/mol. The van der Waals surface area contributed by atoms with E-state index in [2.05, 4.69) is 24.3 Å². The van der Waals surface area contributed by atoms with Gasteiger partial charge in [0.15, 0.2) is 0 Å². The first-order chi connectivity index (χ1) is 8.84. The van der Waals surface area contributed by atoms with E-state index in [1.165, 1.54) is 43.2 Å². The van der Waals surface area contributed by atoms with Gasteiger partial charge in [-0.2, -0.15) is 0 Å². The highest BCUT2D eigenvalue weighted by Gasteiger charge is 2.30. The number of hydrogen-bond acceptors (Lipinski definition) is 2. The molecule has 0 saturated heterocycles. The third-order valence-electron chi connectivity index (χ3n) is 4.51. The number of ether oxygens (including phenoxy) is 1. The largest absolute Gasteiger partial charge is 0.376 e. The van der Waals surface area contributed by atoms with Crippen LogP contribution >= 0.6 is 0 Å². The van der Waals surface area contributed by atoms with Crippen molar-refractivity contribution in [1.29, 1.82) is 0 Å². The van der Waals surface area contributed by atoms with Crippen LogP contribution in [0, 0.1) is 5.92 Å². The Kier molecular flexibility index (Phi) is 3.67. The molecule has 2 unspecified atom stereocenters. The molecule has 2 nitrogen and oxygen atoms in total. The van der Waals surface area contributed by atoms with Gasteiger partial charge in [0.1, 0.15) is 0 Å². The van der Waals surface area contributed by atoms with Gasteiger partial charge in [-0.3, -0.25) is 0 Å². The predicted molar refractivity (Wildman–Crippen MR) is 73.4 cm³/mol. The summed E-state index contributed by atoms with van der Waals surface area (Å²) >= 11 is 0. The van der Waals surface area contributed by atoms with Gasteiger partial charge in [0.2, 0.25) is 0 Å². The van der Waals surface area contributed by atoms with Crippen LogP contribution in [0.1, 0.15) is 49.3 Å². The molecule has 1 aromatic carbocycles. The maximum absolute atomic E-state index is 6.28. The van der Waals surface area contributed by atoms with E-state index < -0.39 is 0 Å². The lowest BCUT2D eigenvalue weighted by Gasteiger charge is -2.24. The van der Waals surface area contributed by atoms with Crippen LogP contribution in [-0.4, -0.2) is 12.7 Å². The van der Waals surface area contributed by atoms with Crippen molar-refractivity contribution >= 4 is 0 Å². The molecular formula is C16H23NO. The van der Waals surface area contributed by atoms with Crippen molar-refractivity contribution in [2.24, 2.45) is 11.7 Å². The van der Waals surface area contributed by atoms with Crippen LogP contribution in [0.4, 0.5) is 0 Å². The van der Waals surface area contributed by atoms with Crippen molar-refractivity contribution in [3.63, 3.8) is 0 Å². The Hall–Kier alpha value is -0.860. The highest BCUT2D eigenvalue weighted by Crippen LogP contribution is 2.32. The first-order valence-electron chi connectivity index (χ1n) is 7.29. The normalized spacial score (nSPS) is 28.3. The lowest BCUT2D eigenvalue weighted by Crippen LogP contribution is -2.28. The number of fused-ring (bicyclic) bond motifs is 1. The topological polar surface area (TPSA) is 35.2 Å². The molecule has 18 heavy (non-hydrogen) atoms. The lowest BCUT2D eigenvalue weighted by molar-refractivity contribution is 0.0131. The zero-order valence-corrected chi connectivity index (χ0v) is 11.0. The number of benzene rings is 1. The second-order valence-electron chi connectivity index (χ2n) is 5.80. The number of rotatable bonds is 3. The van der Waals surface area contributed by atoms with Gasteiger partial charge >= 0.3 is 0 Å². The standard InChI is InChI=1S/C16H23NO/c17-16-14-9-5-4-8-13(14)10-15(16)18-11-12-6-2-1-3-7-12/h4-5,8-9,12,15-16H,1-3,6-7,10-11,17H2. The fourth-order valence-electron chi connectivity index (χ4n) is 3.37. The van der Waals surface area contributed by atoms with Gasteiger partial charge < -0.3 is 10.5 Å². The number of nitrogens with two attached hydrogens (primary N) is 1. The van der Waals surface area contributed by atoms with E-state index in [-0.39, 0.29) is 12.1 Å². The van der Waals surface area contributed by atoms with E-state index in [1.807, 2.05) is 0 Å². The average Bonchev–Trinajstić information content (AvgIpc) is 2.75. The summed E-state index contributed by atoms with van der Waals surface area (Å²) in [4.78, 5) is 0. The molecule has 2 aliphatic carbocycles. The van der Waals surface area contributed by atoms with E-state index in [0.29, 0.717) is 0 Å². The molecule has 2 heteroatoms. The zero-order chi connectivity index (χ0) is 12.4. The summed E-state index contributed by atoms with van der Waals surface area (Å²) in [6.07, 6.45) is 8.04. The summed E-state index contributed by atoms with van der Waals surface area (Å²) in [6.45, 7) is 0.909. The number of hydrogen-bond donors (Lipinski definition) is 1. The molecule has 98 valence electrons. The summed E-state index contributed by atoms with van der Waals surface area (Å²) < 4.78 is 6.11. The van der Waals surface area contributed by atoms with Gasteiger partial charge in [0.25, 0.3) is 0 Å². The van der Waals surface area contributed by atoms with Crippen molar-refractivity contribution < 1.29 is 4.74 Å². The van der Waals surface area contributed by atoms with Crippen LogP contribution in [0.2, 0.25) is 0 Å². The van der Waals surface area contributed by atoms with Crippen molar-refractivity contribution in [1.82, 2.24) is 0 Å². The zero-order valence-electron chi connectivity index (χ0n) is 11.0. The molecule has 0 heterocycles. The Labute approximate surface area is 110 Å². The fourth-order valence-corrected chi connectivity index (χ4v) is 3.37. The molecule has 1 saturated carbocycles. The average molecular weight is 245 g/mol. The van der Waals surface area contributed by atoms with Crippen LogP contribution in [0.3, 0.4) is 0 Å². The van der Waals surface area contributed by atoms with Crippen molar-refractivity contribution in [2.75, 3.05) is 6.61 Å². The highest BCUT2D eigenvalue weighted by molar-refractivity contribution is 5.36. The van der Waals surface area contributed by atoms with Gasteiger partial charge in [-0.1, -0.05) is 43.5 Å². The molecule has 0 amide bonds. The summed E-state index contributed by atoms with van der Waals surface area (Å²) in [7, 11) is 0. The van der Waals surface area contributed by atoms with Crippen LogP contribution in [0.5, 0.6) is 0 Å². The summed E-state index contributed by atoms with van der Waals surface area (Å²) in [5.41, 5.74) is 8.94. The minimum atomic E-state index is 0.0739. The quantitative estimate of drug-likeness (QED) is 0.887. The third kappa shape index (κ3) is 2.45. The first kappa shape index (κ1) is 12.2. The fraction of sp³-hybridized carbons (Fsp3) is 0.625. The molecule has 0 spiro atoms. The molecule has 0 radical (unpaired) electrons. The maximum Gasteiger partial charge on any atom is 0.0808 e. The third-order valence-corrected chi connectivity index (χ3v) is 4.51. The van der Waals surface area contributed by atoms with Crippen molar-refractivity contribution in [3.8, 4) is 0 Å². The van der Waals surface area contributed by atoms with Crippen molar-refractivity contribution in [3.05, 3.63) is 35.4 Å². The SMILES string of the molecule is NC1c2ccccc2CC1OCC1CCCCC1. The van der Waals surface area contributed by atoms with Crippen LogP contribution < -0.4 is 5.73 Å². The molecule has 0 bridgehead atoms. The predicted octanol–water partition coefficient (Wildman–Crippen LogP) is 3.21. The Morgan fingerprint density at radius 2 is 1.89 bits per heavy atom. The van der Waals surface area contributed by atoms with Gasteiger partial charge in [-0.25, -0.2) is 0 Å². The van der Waals surface area contributed by atoms with E-state index in [0.717, 1.165) is 18.9 Å². The Morgan fingerprint density at radius 3 is 2.67 bits per heavy atom. The molecule has 0 aliphatic heterocycles. The van der Waals surface area contributed by atoms with Crippen molar-refractivity contribution in [2.45, 2.75) is 50.7 Å². The second kappa shape index (κ2) is 5.41.